The zero-order valence-electron chi connectivity index (χ0n) is 15.8. The van der Waals surface area contributed by atoms with Gasteiger partial charge in [0.15, 0.2) is 0 Å². The molecule has 2 N–H and O–H groups in total. The van der Waals surface area contributed by atoms with Gasteiger partial charge in [-0.25, -0.2) is 14.6 Å². The van der Waals surface area contributed by atoms with Crippen molar-refractivity contribution in [1.29, 1.82) is 0 Å². The maximum absolute atomic E-state index is 12.9. The molecule has 0 fully saturated rings. The molecule has 0 radical (unpaired) electrons. The quantitative estimate of drug-likeness (QED) is 0.208. The number of rotatable bonds is 5. The summed E-state index contributed by atoms with van der Waals surface area (Å²) in [6.45, 7) is 0. The Kier molecular flexibility index (Phi) is 7.08. The number of amides is 2. The molecule has 0 saturated carbocycles. The zero-order valence-corrected chi connectivity index (χ0v) is 16.6. The lowest BCUT2D eigenvalue weighted by atomic mass is 10.2. The third-order valence-corrected chi connectivity index (χ3v) is 4.22. The highest BCUT2D eigenvalue weighted by Crippen LogP contribution is 2.21. The number of esters is 1. The Morgan fingerprint density at radius 1 is 0.903 bits per heavy atom. The first kappa shape index (κ1) is 21.7. The minimum Gasteiger partial charge on any atom is -0.422 e. The lowest BCUT2D eigenvalue weighted by molar-refractivity contribution is -0.136. The van der Waals surface area contributed by atoms with Crippen LogP contribution in [0.15, 0.2) is 77.9 Å². The molecule has 0 aliphatic rings. The van der Waals surface area contributed by atoms with Crippen molar-refractivity contribution < 1.29 is 23.5 Å². The van der Waals surface area contributed by atoms with E-state index in [1.54, 1.807) is 42.5 Å². The molecule has 3 rings (SSSR count). The van der Waals surface area contributed by atoms with Crippen LogP contribution in [0.25, 0.3) is 0 Å². The Morgan fingerprint density at radius 2 is 1.58 bits per heavy atom. The minimum absolute atomic E-state index is 0.182. The molecule has 0 bridgehead atoms. The van der Waals surface area contributed by atoms with Crippen LogP contribution >= 0.6 is 11.6 Å². The standard InChI is InChI=1S/C22H15ClFN3O4/c23-18-7-3-2-6-17(18)22(30)31-19-8-4-1-5-14(19)13-25-27-21(29)20(28)26-16-11-9-15(24)10-12-16/h1-13H,(H,26,28)(H,27,29). The van der Waals surface area contributed by atoms with Gasteiger partial charge in [0.05, 0.1) is 16.8 Å². The molecule has 0 atom stereocenters. The number of carbonyl (C=O) groups excluding carboxylic acids is 3. The summed E-state index contributed by atoms with van der Waals surface area (Å²) in [7, 11) is 0. The maximum atomic E-state index is 12.9. The molecule has 2 amide bonds. The topological polar surface area (TPSA) is 96.9 Å². The van der Waals surface area contributed by atoms with E-state index >= 15 is 0 Å². The van der Waals surface area contributed by atoms with E-state index in [-0.39, 0.29) is 22.0 Å². The van der Waals surface area contributed by atoms with Crippen LogP contribution in [0, 0.1) is 5.82 Å². The fraction of sp³-hybridized carbons (Fsp3) is 0. The molecule has 7 nitrogen and oxygen atoms in total. The van der Waals surface area contributed by atoms with Crippen LogP contribution < -0.4 is 15.5 Å². The molecule has 31 heavy (non-hydrogen) atoms. The maximum Gasteiger partial charge on any atom is 0.345 e. The van der Waals surface area contributed by atoms with E-state index in [1.165, 1.54) is 24.4 Å². The van der Waals surface area contributed by atoms with Gasteiger partial charge < -0.3 is 10.1 Å². The fourth-order valence-electron chi connectivity index (χ4n) is 2.39. The van der Waals surface area contributed by atoms with Crippen LogP contribution in [-0.4, -0.2) is 24.0 Å². The van der Waals surface area contributed by atoms with E-state index in [0.29, 0.717) is 5.56 Å². The number of carbonyl (C=O) groups is 3. The van der Waals surface area contributed by atoms with Gasteiger partial charge in [-0.15, -0.1) is 0 Å². The number of halogens is 2. The Balaban J connectivity index is 1.63. The monoisotopic (exact) mass is 439 g/mol. The van der Waals surface area contributed by atoms with Crippen molar-refractivity contribution in [3.8, 4) is 5.75 Å². The lowest BCUT2D eigenvalue weighted by Gasteiger charge is -2.08. The van der Waals surface area contributed by atoms with Crippen molar-refractivity contribution in [3.05, 3.63) is 94.8 Å². The van der Waals surface area contributed by atoms with Crippen LogP contribution in [-0.2, 0) is 9.59 Å². The number of nitrogens with zero attached hydrogens (tertiary/aromatic N) is 1. The van der Waals surface area contributed by atoms with Crippen molar-refractivity contribution in [1.82, 2.24) is 5.43 Å². The number of ether oxygens (including phenoxy) is 1. The van der Waals surface area contributed by atoms with Gasteiger partial charge in [0.1, 0.15) is 11.6 Å². The molecule has 0 unspecified atom stereocenters. The Bertz CT molecular complexity index is 1150. The van der Waals surface area contributed by atoms with Gasteiger partial charge >= 0.3 is 17.8 Å². The second-order valence-electron chi connectivity index (χ2n) is 6.07. The molecule has 156 valence electrons. The van der Waals surface area contributed by atoms with Crippen LogP contribution in [0.4, 0.5) is 10.1 Å². The van der Waals surface area contributed by atoms with Crippen LogP contribution in [0.5, 0.6) is 5.75 Å². The van der Waals surface area contributed by atoms with Gasteiger partial charge in [-0.2, -0.15) is 5.10 Å². The molecule has 0 spiro atoms. The van der Waals surface area contributed by atoms with Gasteiger partial charge in [0.2, 0.25) is 0 Å². The van der Waals surface area contributed by atoms with Crippen LogP contribution in [0.3, 0.4) is 0 Å². The minimum atomic E-state index is -1.04. The Morgan fingerprint density at radius 3 is 2.32 bits per heavy atom. The molecule has 0 heterocycles. The Hall–Kier alpha value is -4.04. The van der Waals surface area contributed by atoms with Crippen molar-refractivity contribution in [2.45, 2.75) is 0 Å². The molecule has 0 aliphatic heterocycles. The first-order valence-corrected chi connectivity index (χ1v) is 9.27. The molecular formula is C22H15ClFN3O4. The molecule has 3 aromatic carbocycles. The highest BCUT2D eigenvalue weighted by Gasteiger charge is 2.15. The number of hydrogen-bond acceptors (Lipinski definition) is 5. The van der Waals surface area contributed by atoms with E-state index in [2.05, 4.69) is 15.8 Å². The summed E-state index contributed by atoms with van der Waals surface area (Å²) in [6, 6.07) is 17.8. The SMILES string of the molecule is O=C(NN=Cc1ccccc1OC(=O)c1ccccc1Cl)C(=O)Nc1ccc(F)cc1. The number of para-hydroxylation sites is 1. The molecule has 3 aromatic rings. The average Bonchev–Trinajstić information content (AvgIpc) is 2.76. The third kappa shape index (κ3) is 5.97. The summed E-state index contributed by atoms with van der Waals surface area (Å²) >= 11 is 6.01. The van der Waals surface area contributed by atoms with Crippen LogP contribution in [0.2, 0.25) is 5.02 Å². The van der Waals surface area contributed by atoms with E-state index < -0.39 is 23.6 Å². The predicted octanol–water partition coefficient (Wildman–Crippen LogP) is 3.79. The Labute approximate surface area is 181 Å². The van der Waals surface area contributed by atoms with Gasteiger partial charge in [-0.05, 0) is 48.5 Å². The summed E-state index contributed by atoms with van der Waals surface area (Å²) in [4.78, 5) is 36.1. The smallest absolute Gasteiger partial charge is 0.345 e. The predicted molar refractivity (Wildman–Crippen MR) is 114 cm³/mol. The van der Waals surface area contributed by atoms with Crippen molar-refractivity contribution >= 4 is 41.3 Å². The number of hydrogen-bond donors (Lipinski definition) is 2. The number of nitrogens with one attached hydrogen (secondary N) is 2. The third-order valence-electron chi connectivity index (χ3n) is 3.89. The summed E-state index contributed by atoms with van der Waals surface area (Å²) in [5, 5.41) is 6.27. The molecule has 0 saturated heterocycles. The number of benzene rings is 3. The summed E-state index contributed by atoms with van der Waals surface area (Å²) in [5.41, 5.74) is 2.89. The van der Waals surface area contributed by atoms with Crippen molar-refractivity contribution in [3.63, 3.8) is 0 Å². The largest absolute Gasteiger partial charge is 0.422 e. The van der Waals surface area contributed by atoms with Gasteiger partial charge in [-0.3, -0.25) is 9.59 Å². The highest BCUT2D eigenvalue weighted by molar-refractivity contribution is 6.39. The number of hydrazone groups is 1. The van der Waals surface area contributed by atoms with E-state index in [0.717, 1.165) is 12.1 Å². The second-order valence-corrected chi connectivity index (χ2v) is 6.47. The average molecular weight is 440 g/mol. The van der Waals surface area contributed by atoms with E-state index in [1.807, 2.05) is 0 Å². The first-order valence-electron chi connectivity index (χ1n) is 8.90. The van der Waals surface area contributed by atoms with Crippen LogP contribution in [0.1, 0.15) is 15.9 Å². The van der Waals surface area contributed by atoms with E-state index in [4.69, 9.17) is 16.3 Å². The molecule has 0 aromatic heterocycles. The highest BCUT2D eigenvalue weighted by atomic mass is 35.5. The molecular weight excluding hydrogens is 425 g/mol. The summed E-state index contributed by atoms with van der Waals surface area (Å²) in [5.74, 6) is -2.97. The van der Waals surface area contributed by atoms with Crippen molar-refractivity contribution in [2.75, 3.05) is 5.32 Å². The summed E-state index contributed by atoms with van der Waals surface area (Å²) in [6.07, 6.45) is 1.22. The fourth-order valence-corrected chi connectivity index (χ4v) is 2.61. The first-order chi connectivity index (χ1) is 14.9. The normalized spacial score (nSPS) is 10.5. The second kappa shape index (κ2) is 10.1. The molecule has 0 aliphatic carbocycles. The zero-order chi connectivity index (χ0) is 22.2. The number of anilines is 1. The van der Waals surface area contributed by atoms with Gasteiger partial charge in [0.25, 0.3) is 0 Å². The van der Waals surface area contributed by atoms with Gasteiger partial charge in [-0.1, -0.05) is 35.9 Å². The lowest BCUT2D eigenvalue weighted by Crippen LogP contribution is -2.32. The van der Waals surface area contributed by atoms with Crippen molar-refractivity contribution in [2.24, 2.45) is 5.10 Å². The van der Waals surface area contributed by atoms with Gasteiger partial charge in [0, 0.05) is 11.3 Å². The molecule has 9 heteroatoms. The summed E-state index contributed by atoms with van der Waals surface area (Å²) < 4.78 is 18.3. The van der Waals surface area contributed by atoms with E-state index in [9.17, 15) is 18.8 Å².